The van der Waals surface area contributed by atoms with Crippen molar-refractivity contribution in [2.24, 2.45) is 5.92 Å². The van der Waals surface area contributed by atoms with Gasteiger partial charge in [0.1, 0.15) is 11.9 Å². The summed E-state index contributed by atoms with van der Waals surface area (Å²) in [4.78, 5) is 76.3. The molecule has 0 aromatic heterocycles. The van der Waals surface area contributed by atoms with Gasteiger partial charge in [0, 0.05) is 107 Å². The quantitative estimate of drug-likeness (QED) is 0.163. The van der Waals surface area contributed by atoms with Gasteiger partial charge in [-0.3, -0.25) is 44.0 Å². The van der Waals surface area contributed by atoms with Crippen molar-refractivity contribution in [3.8, 4) is 0 Å². The molecule has 3 aromatic carbocycles. The summed E-state index contributed by atoms with van der Waals surface area (Å²) in [6.07, 6.45) is 5.95. The van der Waals surface area contributed by atoms with Crippen molar-refractivity contribution in [1.29, 1.82) is 0 Å². The Morgan fingerprint density at radius 3 is 2.19 bits per heavy atom. The van der Waals surface area contributed by atoms with Crippen LogP contribution in [0, 0.1) is 18.7 Å². The van der Waals surface area contributed by atoms with E-state index in [1.54, 1.807) is 24.3 Å². The lowest BCUT2D eigenvalue weighted by atomic mass is 9.93. The van der Waals surface area contributed by atoms with Crippen LogP contribution < -0.4 is 20.4 Å². The van der Waals surface area contributed by atoms with Gasteiger partial charge in [-0.2, -0.15) is 0 Å². The lowest BCUT2D eigenvalue weighted by Gasteiger charge is -2.36. The van der Waals surface area contributed by atoms with Gasteiger partial charge in [-0.05, 0) is 107 Å². The van der Waals surface area contributed by atoms with Crippen LogP contribution in [0.4, 0.5) is 15.8 Å². The SMILES string of the molecule is Cc1cccc(F)c1CN1C[C@H](c2ccc(N3CCN(CCCCCCNC(=O)C4CCN(c5ccc6c(c5)C(=O)N(C5CCC(=O)NC5=O)C6=O)CC4)CC3)cc2)[C@@H](N(C)C)C1. The average Bonchev–Trinajstić information content (AvgIpc) is 3.82. The van der Waals surface area contributed by atoms with Gasteiger partial charge >= 0.3 is 0 Å². The van der Waals surface area contributed by atoms with Gasteiger partial charge in [-0.1, -0.05) is 37.1 Å². The van der Waals surface area contributed by atoms with Crippen molar-refractivity contribution in [1.82, 2.24) is 30.2 Å². The largest absolute Gasteiger partial charge is 0.371 e. The summed E-state index contributed by atoms with van der Waals surface area (Å²) in [7, 11) is 4.30. The van der Waals surface area contributed by atoms with E-state index in [-0.39, 0.29) is 41.6 Å². The molecule has 5 aliphatic rings. The first kappa shape index (κ1) is 44.4. The zero-order valence-corrected chi connectivity index (χ0v) is 37.1. The Morgan fingerprint density at radius 2 is 1.48 bits per heavy atom. The Kier molecular flexibility index (Phi) is 13.9. The summed E-state index contributed by atoms with van der Waals surface area (Å²) >= 11 is 0. The van der Waals surface area contributed by atoms with Gasteiger partial charge in [0.05, 0.1) is 11.1 Å². The van der Waals surface area contributed by atoms with E-state index < -0.39 is 29.7 Å². The van der Waals surface area contributed by atoms with Crippen LogP contribution in [0.3, 0.4) is 0 Å². The molecular formula is C49H63FN8O5. The van der Waals surface area contributed by atoms with Gasteiger partial charge in [-0.25, -0.2) is 4.39 Å². The molecule has 0 spiro atoms. The third kappa shape index (κ3) is 9.98. The van der Waals surface area contributed by atoms with Crippen molar-refractivity contribution >= 4 is 40.9 Å². The van der Waals surface area contributed by atoms with E-state index in [1.807, 2.05) is 19.1 Å². The van der Waals surface area contributed by atoms with E-state index in [9.17, 15) is 28.4 Å². The van der Waals surface area contributed by atoms with Crippen molar-refractivity contribution in [2.45, 2.75) is 82.8 Å². The summed E-state index contributed by atoms with van der Waals surface area (Å²) < 4.78 is 14.7. The maximum Gasteiger partial charge on any atom is 0.262 e. The fraction of sp³-hybridized carbons (Fsp3) is 0.531. The van der Waals surface area contributed by atoms with Crippen LogP contribution in [0.25, 0.3) is 0 Å². The number of halogens is 1. The van der Waals surface area contributed by atoms with E-state index in [0.717, 1.165) is 93.2 Å². The van der Waals surface area contributed by atoms with E-state index in [2.05, 4.69) is 73.5 Å². The normalized spacial score (nSPS) is 22.6. The molecule has 4 fully saturated rings. The highest BCUT2D eigenvalue weighted by atomic mass is 19.1. The molecule has 3 aromatic rings. The first-order valence-corrected chi connectivity index (χ1v) is 23.0. The van der Waals surface area contributed by atoms with Gasteiger partial charge in [0.15, 0.2) is 0 Å². The molecule has 14 heteroatoms. The molecule has 5 amide bonds. The second kappa shape index (κ2) is 19.7. The molecule has 5 heterocycles. The number of aryl methyl sites for hydroxylation is 1. The number of rotatable bonds is 15. The number of carbonyl (C=O) groups is 5. The number of hydrogen-bond acceptors (Lipinski definition) is 10. The average molecular weight is 863 g/mol. The highest BCUT2D eigenvalue weighted by molar-refractivity contribution is 6.23. The first-order valence-electron chi connectivity index (χ1n) is 23.0. The van der Waals surface area contributed by atoms with Crippen molar-refractivity contribution in [2.75, 3.05) is 89.3 Å². The number of anilines is 2. The fourth-order valence-electron chi connectivity index (χ4n) is 10.3. The fourth-order valence-corrected chi connectivity index (χ4v) is 10.3. The maximum absolute atomic E-state index is 14.7. The Labute approximate surface area is 370 Å². The lowest BCUT2D eigenvalue weighted by molar-refractivity contribution is -0.136. The number of hydrogen-bond donors (Lipinski definition) is 2. The molecule has 0 saturated carbocycles. The summed E-state index contributed by atoms with van der Waals surface area (Å²) in [5.74, 6) is -1.75. The summed E-state index contributed by atoms with van der Waals surface area (Å²) in [6, 6.07) is 19.1. The third-order valence-electron chi connectivity index (χ3n) is 14.2. The number of nitrogens with one attached hydrogen (secondary N) is 2. The van der Waals surface area contributed by atoms with E-state index in [4.69, 9.17) is 0 Å². The van der Waals surface area contributed by atoms with Gasteiger partial charge in [0.25, 0.3) is 11.8 Å². The van der Waals surface area contributed by atoms with Crippen LogP contribution in [0.15, 0.2) is 60.7 Å². The van der Waals surface area contributed by atoms with Crippen LogP contribution in [0.2, 0.25) is 0 Å². The molecule has 13 nitrogen and oxygen atoms in total. The second-order valence-corrected chi connectivity index (χ2v) is 18.4. The summed E-state index contributed by atoms with van der Waals surface area (Å²) in [5, 5.41) is 5.39. The number of fused-ring (bicyclic) bond motifs is 1. The number of piperazine rings is 1. The van der Waals surface area contributed by atoms with Gasteiger partial charge in [0.2, 0.25) is 17.7 Å². The predicted octanol–water partition coefficient (Wildman–Crippen LogP) is 4.78. The number of unbranched alkanes of at least 4 members (excludes halogenated alkanes) is 3. The van der Waals surface area contributed by atoms with Crippen LogP contribution in [0.1, 0.15) is 94.7 Å². The monoisotopic (exact) mass is 862 g/mol. The lowest BCUT2D eigenvalue weighted by Crippen LogP contribution is -2.54. The molecule has 8 rings (SSSR count). The number of piperidine rings is 2. The maximum atomic E-state index is 14.7. The van der Waals surface area contributed by atoms with E-state index in [0.29, 0.717) is 51.0 Å². The number of benzene rings is 3. The van der Waals surface area contributed by atoms with E-state index in [1.165, 1.54) is 11.3 Å². The number of likely N-dealkylation sites (N-methyl/N-ethyl adjacent to an activating group) is 1. The van der Waals surface area contributed by atoms with Crippen LogP contribution in [-0.2, 0) is 20.9 Å². The Balaban J connectivity index is 0.696. The number of imide groups is 2. The van der Waals surface area contributed by atoms with Crippen molar-refractivity contribution < 1.29 is 28.4 Å². The minimum atomic E-state index is -0.990. The molecule has 0 radical (unpaired) electrons. The van der Waals surface area contributed by atoms with Crippen LogP contribution >= 0.6 is 0 Å². The Morgan fingerprint density at radius 1 is 0.778 bits per heavy atom. The summed E-state index contributed by atoms with van der Waals surface area (Å²) in [5.41, 5.74) is 5.79. The highest BCUT2D eigenvalue weighted by Gasteiger charge is 2.45. The standard InChI is InChI=1S/C49H63FN8O5/c1-33-9-8-10-42(50)40(33)30-55-31-41(44(32-55)53(2)3)34-11-13-36(14-12-34)57-27-25-54(26-28-57)22-7-5-4-6-21-51-46(60)35-19-23-56(24-20-35)37-15-16-38-39(29-37)49(63)58(48(38)62)43-17-18-45(59)52-47(43)61/h8-16,29,35,41,43-44H,4-7,17-28,30-32H2,1-3H3,(H,51,60)(H,52,59,61)/t41-,43?,44+/m1/s1. The van der Waals surface area contributed by atoms with Crippen molar-refractivity contribution in [3.63, 3.8) is 0 Å². The Hall–Kier alpha value is -5.18. The van der Waals surface area contributed by atoms with Gasteiger partial charge < -0.3 is 20.0 Å². The molecule has 3 atom stereocenters. The minimum Gasteiger partial charge on any atom is -0.371 e. The number of likely N-dealkylation sites (tertiary alicyclic amines) is 1. The van der Waals surface area contributed by atoms with E-state index >= 15 is 0 Å². The molecule has 1 unspecified atom stereocenters. The van der Waals surface area contributed by atoms with Gasteiger partial charge in [-0.15, -0.1) is 0 Å². The smallest absolute Gasteiger partial charge is 0.262 e. The van der Waals surface area contributed by atoms with Crippen molar-refractivity contribution in [3.05, 3.63) is 94.3 Å². The van der Waals surface area contributed by atoms with Crippen LogP contribution in [-0.4, -0.2) is 141 Å². The molecule has 336 valence electrons. The Bertz CT molecular complexity index is 2150. The molecular weight excluding hydrogens is 800 g/mol. The topological polar surface area (TPSA) is 129 Å². The minimum absolute atomic E-state index is 0.0602. The number of carbonyl (C=O) groups excluding carboxylic acids is 5. The molecule has 5 aliphatic heterocycles. The molecule has 2 N–H and O–H groups in total. The molecule has 4 saturated heterocycles. The molecule has 0 bridgehead atoms. The third-order valence-corrected chi connectivity index (χ3v) is 14.2. The first-order chi connectivity index (χ1) is 30.4. The number of nitrogens with zero attached hydrogens (tertiary/aromatic N) is 6. The zero-order valence-electron chi connectivity index (χ0n) is 37.1. The summed E-state index contributed by atoms with van der Waals surface area (Å²) in [6.45, 7) is 11.7. The van der Waals surface area contributed by atoms with Crippen LogP contribution in [0.5, 0.6) is 0 Å². The molecule has 63 heavy (non-hydrogen) atoms. The number of amides is 5. The highest BCUT2D eigenvalue weighted by Crippen LogP contribution is 2.34. The second-order valence-electron chi connectivity index (χ2n) is 18.4. The molecule has 0 aliphatic carbocycles. The predicted molar refractivity (Wildman–Crippen MR) is 241 cm³/mol. The zero-order chi connectivity index (χ0) is 44.2.